The number of fused-ring (bicyclic) bond motifs is 1. The third-order valence-electron chi connectivity index (χ3n) is 3.90. The fraction of sp³-hybridized carbons (Fsp3) is 0.368. The Kier molecular flexibility index (Phi) is 6.07. The van der Waals surface area contributed by atoms with Crippen LogP contribution in [0.3, 0.4) is 0 Å². The van der Waals surface area contributed by atoms with E-state index in [-0.39, 0.29) is 17.9 Å². The van der Waals surface area contributed by atoms with Gasteiger partial charge >= 0.3 is 5.97 Å². The van der Waals surface area contributed by atoms with E-state index in [0.29, 0.717) is 11.5 Å². The average molecular weight is 342 g/mol. The van der Waals surface area contributed by atoms with Gasteiger partial charge in [0.05, 0.1) is 19.3 Å². The van der Waals surface area contributed by atoms with Gasteiger partial charge in [0.2, 0.25) is 0 Å². The molecule has 1 aliphatic heterocycles. The Morgan fingerprint density at radius 2 is 2.00 bits per heavy atom. The van der Waals surface area contributed by atoms with E-state index in [4.69, 9.17) is 14.2 Å². The molecule has 1 aliphatic rings. The molecule has 0 N–H and O–H groups in total. The van der Waals surface area contributed by atoms with E-state index in [9.17, 15) is 10.1 Å². The van der Waals surface area contributed by atoms with Crippen LogP contribution in [0.4, 0.5) is 5.69 Å². The number of nitriles is 1. The van der Waals surface area contributed by atoms with Gasteiger partial charge in [0, 0.05) is 30.9 Å². The zero-order valence-corrected chi connectivity index (χ0v) is 15.0. The van der Waals surface area contributed by atoms with Gasteiger partial charge < -0.3 is 19.1 Å². The van der Waals surface area contributed by atoms with Crippen LogP contribution in [0.25, 0.3) is 5.76 Å². The van der Waals surface area contributed by atoms with Crippen LogP contribution in [0, 0.1) is 11.3 Å². The van der Waals surface area contributed by atoms with Crippen LogP contribution in [0.2, 0.25) is 0 Å². The molecule has 0 spiro atoms. The van der Waals surface area contributed by atoms with Crippen LogP contribution in [0.5, 0.6) is 5.75 Å². The molecule has 1 aromatic carbocycles. The average Bonchev–Trinajstić information content (AvgIpc) is 2.62. The number of esters is 1. The van der Waals surface area contributed by atoms with Crippen molar-refractivity contribution in [3.63, 3.8) is 0 Å². The summed E-state index contributed by atoms with van der Waals surface area (Å²) in [5.41, 5.74) is 1.58. The fourth-order valence-corrected chi connectivity index (χ4v) is 2.63. The predicted molar refractivity (Wildman–Crippen MR) is 94.9 cm³/mol. The number of methoxy groups -OCH3 is 1. The lowest BCUT2D eigenvalue weighted by Gasteiger charge is -2.25. The number of rotatable bonds is 6. The molecule has 0 fully saturated rings. The van der Waals surface area contributed by atoms with Crippen molar-refractivity contribution in [3.8, 4) is 11.8 Å². The van der Waals surface area contributed by atoms with Crippen molar-refractivity contribution in [1.82, 2.24) is 0 Å². The molecule has 6 nitrogen and oxygen atoms in total. The summed E-state index contributed by atoms with van der Waals surface area (Å²) in [6.45, 7) is 7.73. The van der Waals surface area contributed by atoms with Crippen LogP contribution < -0.4 is 9.64 Å². The molecule has 0 saturated carbocycles. The number of benzene rings is 1. The molecule has 0 radical (unpaired) electrons. The van der Waals surface area contributed by atoms with E-state index in [1.165, 1.54) is 13.2 Å². The number of carbonyl (C=O) groups is 1. The smallest absolute Gasteiger partial charge is 0.352 e. The Morgan fingerprint density at radius 1 is 1.28 bits per heavy atom. The second-order valence-electron chi connectivity index (χ2n) is 5.24. The predicted octanol–water partition coefficient (Wildman–Crippen LogP) is 3.25. The van der Waals surface area contributed by atoms with Gasteiger partial charge in [-0.05, 0) is 32.9 Å². The molecule has 0 atom stereocenters. The molecule has 0 saturated heterocycles. The van der Waals surface area contributed by atoms with Gasteiger partial charge in [0.15, 0.2) is 11.3 Å². The lowest BCUT2D eigenvalue weighted by atomic mass is 10.1. The lowest BCUT2D eigenvalue weighted by Crippen LogP contribution is -2.22. The minimum atomic E-state index is -0.713. The molecule has 2 rings (SSSR count). The molecular weight excluding hydrogens is 320 g/mol. The van der Waals surface area contributed by atoms with Gasteiger partial charge in [-0.3, -0.25) is 0 Å². The van der Waals surface area contributed by atoms with Crippen molar-refractivity contribution < 1.29 is 19.0 Å². The number of hydrogen-bond acceptors (Lipinski definition) is 6. The van der Waals surface area contributed by atoms with Gasteiger partial charge in [-0.25, -0.2) is 4.79 Å². The monoisotopic (exact) mass is 342 g/mol. The number of anilines is 1. The molecule has 0 aromatic heterocycles. The maximum atomic E-state index is 12.0. The molecule has 1 aromatic rings. The number of ether oxygens (including phenoxy) is 3. The van der Waals surface area contributed by atoms with Crippen molar-refractivity contribution in [2.24, 2.45) is 0 Å². The number of carbonyl (C=O) groups excluding carboxylic acids is 1. The quantitative estimate of drug-likeness (QED) is 0.449. The maximum Gasteiger partial charge on any atom is 0.352 e. The highest BCUT2D eigenvalue weighted by Gasteiger charge is 2.25. The maximum absolute atomic E-state index is 12.0. The second-order valence-corrected chi connectivity index (χ2v) is 5.24. The van der Waals surface area contributed by atoms with E-state index >= 15 is 0 Å². The highest BCUT2D eigenvalue weighted by molar-refractivity contribution is 5.94. The number of allylic oxidation sites excluding steroid dienone is 1. The zero-order valence-electron chi connectivity index (χ0n) is 15.0. The Hall–Kier alpha value is -2.94. The van der Waals surface area contributed by atoms with Gasteiger partial charge in [-0.2, -0.15) is 5.26 Å². The van der Waals surface area contributed by atoms with Crippen molar-refractivity contribution in [2.75, 3.05) is 31.7 Å². The van der Waals surface area contributed by atoms with Crippen LogP contribution in [-0.2, 0) is 14.3 Å². The molecule has 6 heteroatoms. The highest BCUT2D eigenvalue weighted by Crippen LogP contribution is 2.37. The van der Waals surface area contributed by atoms with E-state index in [2.05, 4.69) is 18.7 Å². The Balaban J connectivity index is 2.52. The first-order valence-electron chi connectivity index (χ1n) is 8.23. The highest BCUT2D eigenvalue weighted by atomic mass is 16.5. The molecular formula is C19H22N2O4. The molecule has 1 heterocycles. The number of nitrogens with zero attached hydrogens (tertiary/aromatic N) is 2. The largest absolute Gasteiger partial charge is 0.496 e. The summed E-state index contributed by atoms with van der Waals surface area (Å²) in [4.78, 5) is 14.2. The summed E-state index contributed by atoms with van der Waals surface area (Å²) >= 11 is 0. The SMILES string of the molecule is CCOC(=O)C(C#N)=C1C=C(OC)c2ccc(N(CC)CC)cc2O1. The van der Waals surface area contributed by atoms with Crippen molar-refractivity contribution in [2.45, 2.75) is 20.8 Å². The first-order valence-corrected chi connectivity index (χ1v) is 8.23. The normalized spacial score (nSPS) is 14.4. The van der Waals surface area contributed by atoms with E-state index in [0.717, 1.165) is 24.3 Å². The molecule has 0 bridgehead atoms. The first kappa shape index (κ1) is 18.4. The third-order valence-corrected chi connectivity index (χ3v) is 3.90. The van der Waals surface area contributed by atoms with Crippen LogP contribution in [-0.4, -0.2) is 32.8 Å². The van der Waals surface area contributed by atoms with Crippen LogP contribution in [0.15, 0.2) is 35.6 Å². The molecule has 25 heavy (non-hydrogen) atoms. The summed E-state index contributed by atoms with van der Waals surface area (Å²) < 4.78 is 16.2. The molecule has 0 aliphatic carbocycles. The topological polar surface area (TPSA) is 71.8 Å². The van der Waals surface area contributed by atoms with Crippen molar-refractivity contribution in [3.05, 3.63) is 41.2 Å². The summed E-state index contributed by atoms with van der Waals surface area (Å²) in [6, 6.07) is 7.65. The van der Waals surface area contributed by atoms with Gasteiger partial charge in [0.25, 0.3) is 0 Å². The standard InChI is InChI=1S/C19H22N2O4/c1-5-21(6-2)13-8-9-14-16(23-4)11-18(25-17(14)10-13)15(12-20)19(22)24-7-3/h8-11H,5-7H2,1-4H3. The van der Waals surface area contributed by atoms with Gasteiger partial charge in [-0.15, -0.1) is 0 Å². The van der Waals surface area contributed by atoms with Crippen molar-refractivity contribution >= 4 is 17.4 Å². The fourth-order valence-electron chi connectivity index (χ4n) is 2.63. The third kappa shape index (κ3) is 3.77. The summed E-state index contributed by atoms with van der Waals surface area (Å²) in [5, 5.41) is 9.33. The zero-order chi connectivity index (χ0) is 18.4. The Morgan fingerprint density at radius 3 is 2.56 bits per heavy atom. The van der Waals surface area contributed by atoms with Crippen molar-refractivity contribution in [1.29, 1.82) is 5.26 Å². The summed E-state index contributed by atoms with van der Waals surface area (Å²) in [7, 11) is 1.53. The lowest BCUT2D eigenvalue weighted by molar-refractivity contribution is -0.138. The second kappa shape index (κ2) is 8.25. The molecule has 0 unspecified atom stereocenters. The summed E-state index contributed by atoms with van der Waals surface area (Å²) in [6.07, 6.45) is 1.54. The van der Waals surface area contributed by atoms with E-state index in [1.54, 1.807) is 6.92 Å². The summed E-state index contributed by atoms with van der Waals surface area (Å²) in [5.74, 6) is 0.479. The van der Waals surface area contributed by atoms with Gasteiger partial charge in [0.1, 0.15) is 17.6 Å². The Labute approximate surface area is 147 Å². The minimum absolute atomic E-state index is 0.127. The minimum Gasteiger partial charge on any atom is -0.496 e. The Bertz CT molecular complexity index is 755. The first-order chi connectivity index (χ1) is 12.1. The van der Waals surface area contributed by atoms with Crippen LogP contribution in [0.1, 0.15) is 26.3 Å². The van der Waals surface area contributed by atoms with Gasteiger partial charge in [-0.1, -0.05) is 0 Å². The van der Waals surface area contributed by atoms with Crippen LogP contribution >= 0.6 is 0 Å². The molecule has 132 valence electrons. The van der Waals surface area contributed by atoms with E-state index < -0.39 is 5.97 Å². The van der Waals surface area contributed by atoms with E-state index in [1.807, 2.05) is 24.3 Å². The molecule has 0 amide bonds. The number of hydrogen-bond donors (Lipinski definition) is 0.